The molecule has 0 aliphatic heterocycles. The largest absolute Gasteiger partial charge is 0.507 e. The van der Waals surface area contributed by atoms with E-state index in [-0.39, 0.29) is 28.3 Å². The first-order valence-corrected chi connectivity index (χ1v) is 5.31. The number of nitrogens with zero attached hydrogens (tertiary/aromatic N) is 1. The number of benzene rings is 2. The number of rotatable bonds is 3. The minimum absolute atomic E-state index is 0.0294. The van der Waals surface area contributed by atoms with Crippen LogP contribution in [0.5, 0.6) is 11.5 Å². The van der Waals surface area contributed by atoms with Gasteiger partial charge in [0.25, 0.3) is 5.69 Å². The van der Waals surface area contributed by atoms with Crippen molar-refractivity contribution in [3.05, 3.63) is 63.7 Å². The second kappa shape index (κ2) is 4.77. The summed E-state index contributed by atoms with van der Waals surface area (Å²) in [6.45, 7) is 0. The summed E-state index contributed by atoms with van der Waals surface area (Å²) in [5.41, 5.74) is -0.564. The number of carbonyl (C=O) groups is 1. The topological polar surface area (TPSA) is 101 Å². The van der Waals surface area contributed by atoms with Crippen molar-refractivity contribution in [2.24, 2.45) is 0 Å². The Labute approximate surface area is 107 Å². The Hall–Kier alpha value is -2.89. The van der Waals surface area contributed by atoms with Gasteiger partial charge in [-0.2, -0.15) is 0 Å². The van der Waals surface area contributed by atoms with Gasteiger partial charge in [-0.1, -0.05) is 12.1 Å². The van der Waals surface area contributed by atoms with Crippen LogP contribution < -0.4 is 0 Å². The zero-order valence-corrected chi connectivity index (χ0v) is 9.61. The number of aromatic hydroxyl groups is 2. The highest BCUT2D eigenvalue weighted by molar-refractivity contribution is 6.12. The van der Waals surface area contributed by atoms with Crippen LogP contribution in [-0.4, -0.2) is 20.9 Å². The summed E-state index contributed by atoms with van der Waals surface area (Å²) in [5, 5.41) is 29.8. The van der Waals surface area contributed by atoms with Crippen LogP contribution in [-0.2, 0) is 0 Å². The van der Waals surface area contributed by atoms with Gasteiger partial charge < -0.3 is 10.2 Å². The van der Waals surface area contributed by atoms with Gasteiger partial charge in [-0.25, -0.2) is 0 Å². The number of ketones is 1. The molecule has 2 rings (SSSR count). The first-order chi connectivity index (χ1) is 9.00. The second-order valence-electron chi connectivity index (χ2n) is 3.80. The minimum atomic E-state index is -0.681. The third-order valence-electron chi connectivity index (χ3n) is 2.58. The van der Waals surface area contributed by atoms with E-state index in [9.17, 15) is 25.1 Å². The van der Waals surface area contributed by atoms with Crippen LogP contribution in [0.3, 0.4) is 0 Å². The Morgan fingerprint density at radius 1 is 1.00 bits per heavy atom. The van der Waals surface area contributed by atoms with Gasteiger partial charge in [-0.15, -0.1) is 0 Å². The van der Waals surface area contributed by atoms with Crippen molar-refractivity contribution in [1.29, 1.82) is 0 Å². The number of hydrogen-bond acceptors (Lipinski definition) is 5. The third kappa shape index (κ3) is 2.37. The number of hydrogen-bond donors (Lipinski definition) is 2. The molecule has 96 valence electrons. The monoisotopic (exact) mass is 259 g/mol. The van der Waals surface area contributed by atoms with Gasteiger partial charge in [0.05, 0.1) is 16.1 Å². The lowest BCUT2D eigenvalue weighted by Gasteiger charge is -2.05. The molecule has 0 aliphatic carbocycles. The predicted molar refractivity (Wildman–Crippen MR) is 66.3 cm³/mol. The highest BCUT2D eigenvalue weighted by Gasteiger charge is 2.19. The molecular weight excluding hydrogens is 250 g/mol. The standard InChI is InChI=1S/C13H9NO5/c15-11-4-2-1-3-9(11)13(17)10-7-8(14(18)19)5-6-12(10)16/h1-7,15-16H. The van der Waals surface area contributed by atoms with E-state index in [2.05, 4.69) is 0 Å². The molecule has 0 saturated heterocycles. The van der Waals surface area contributed by atoms with Crippen molar-refractivity contribution in [2.75, 3.05) is 0 Å². The van der Waals surface area contributed by atoms with E-state index in [1.165, 1.54) is 12.1 Å². The summed E-state index contributed by atoms with van der Waals surface area (Å²) >= 11 is 0. The Morgan fingerprint density at radius 2 is 1.63 bits per heavy atom. The summed E-state index contributed by atoms with van der Waals surface area (Å²) in [4.78, 5) is 22.1. The van der Waals surface area contributed by atoms with Crippen molar-refractivity contribution in [1.82, 2.24) is 0 Å². The molecule has 0 spiro atoms. The molecule has 0 fully saturated rings. The van der Waals surface area contributed by atoms with Crippen LogP contribution in [0.1, 0.15) is 15.9 Å². The van der Waals surface area contributed by atoms with E-state index in [0.717, 1.165) is 18.2 Å². The van der Waals surface area contributed by atoms with Gasteiger partial charge in [0, 0.05) is 12.1 Å². The van der Waals surface area contributed by atoms with Gasteiger partial charge in [0.15, 0.2) is 0 Å². The molecule has 0 aliphatic rings. The number of nitro groups is 1. The number of carbonyl (C=O) groups excluding carboxylic acids is 1. The molecule has 0 aromatic heterocycles. The average molecular weight is 259 g/mol. The van der Waals surface area contributed by atoms with Crippen molar-refractivity contribution in [3.8, 4) is 11.5 Å². The number of non-ortho nitro benzene ring substituents is 1. The van der Waals surface area contributed by atoms with Crippen molar-refractivity contribution >= 4 is 11.5 Å². The van der Waals surface area contributed by atoms with E-state index in [4.69, 9.17) is 0 Å². The zero-order valence-electron chi connectivity index (χ0n) is 9.61. The molecular formula is C13H9NO5. The Morgan fingerprint density at radius 3 is 2.26 bits per heavy atom. The van der Waals surface area contributed by atoms with E-state index in [0.29, 0.717) is 0 Å². The van der Waals surface area contributed by atoms with Gasteiger partial charge in [0.2, 0.25) is 5.78 Å². The Kier molecular flexibility index (Phi) is 3.15. The summed E-state index contributed by atoms with van der Waals surface area (Å²) in [7, 11) is 0. The van der Waals surface area contributed by atoms with Crippen LogP contribution >= 0.6 is 0 Å². The highest BCUT2D eigenvalue weighted by Crippen LogP contribution is 2.28. The fourth-order valence-electron chi connectivity index (χ4n) is 1.63. The summed E-state index contributed by atoms with van der Waals surface area (Å²) in [6.07, 6.45) is 0. The maximum Gasteiger partial charge on any atom is 0.270 e. The van der Waals surface area contributed by atoms with Crippen molar-refractivity contribution in [3.63, 3.8) is 0 Å². The third-order valence-corrected chi connectivity index (χ3v) is 2.58. The van der Waals surface area contributed by atoms with Crippen molar-refractivity contribution in [2.45, 2.75) is 0 Å². The number of para-hydroxylation sites is 1. The molecule has 0 amide bonds. The Bertz CT molecular complexity index is 666. The number of phenols is 2. The molecule has 19 heavy (non-hydrogen) atoms. The van der Waals surface area contributed by atoms with E-state index < -0.39 is 10.7 Å². The van der Waals surface area contributed by atoms with Gasteiger partial charge in [-0.05, 0) is 18.2 Å². The first-order valence-electron chi connectivity index (χ1n) is 5.31. The van der Waals surface area contributed by atoms with Crippen LogP contribution in [0.2, 0.25) is 0 Å². The lowest BCUT2D eigenvalue weighted by atomic mass is 10.0. The molecule has 6 heteroatoms. The van der Waals surface area contributed by atoms with E-state index in [1.54, 1.807) is 12.1 Å². The normalized spacial score (nSPS) is 10.1. The molecule has 2 N–H and O–H groups in total. The minimum Gasteiger partial charge on any atom is -0.507 e. The molecule has 2 aromatic rings. The van der Waals surface area contributed by atoms with Gasteiger partial charge in [-0.3, -0.25) is 14.9 Å². The molecule has 0 atom stereocenters. The quantitative estimate of drug-likeness (QED) is 0.500. The Balaban J connectivity index is 2.53. The van der Waals surface area contributed by atoms with Gasteiger partial charge in [0.1, 0.15) is 11.5 Å². The predicted octanol–water partition coefficient (Wildman–Crippen LogP) is 2.24. The summed E-state index contributed by atoms with van der Waals surface area (Å²) in [6, 6.07) is 8.92. The lowest BCUT2D eigenvalue weighted by molar-refractivity contribution is -0.384. The summed E-state index contributed by atoms with van der Waals surface area (Å²) < 4.78 is 0. The fraction of sp³-hybridized carbons (Fsp3) is 0. The molecule has 0 radical (unpaired) electrons. The molecule has 0 saturated carbocycles. The smallest absolute Gasteiger partial charge is 0.270 e. The van der Waals surface area contributed by atoms with Crippen LogP contribution in [0, 0.1) is 10.1 Å². The lowest BCUT2D eigenvalue weighted by Crippen LogP contribution is -2.03. The highest BCUT2D eigenvalue weighted by atomic mass is 16.6. The SMILES string of the molecule is O=C(c1ccccc1O)c1cc([N+](=O)[O-])ccc1O. The van der Waals surface area contributed by atoms with Crippen LogP contribution in [0.4, 0.5) is 5.69 Å². The van der Waals surface area contributed by atoms with Crippen molar-refractivity contribution < 1.29 is 19.9 Å². The van der Waals surface area contributed by atoms with Crippen LogP contribution in [0.25, 0.3) is 0 Å². The molecule has 0 bridgehead atoms. The zero-order chi connectivity index (χ0) is 14.0. The summed E-state index contributed by atoms with van der Waals surface area (Å²) in [5.74, 6) is -1.31. The molecule has 6 nitrogen and oxygen atoms in total. The average Bonchev–Trinajstić information content (AvgIpc) is 2.38. The molecule has 0 heterocycles. The number of nitro benzene ring substituents is 1. The van der Waals surface area contributed by atoms with Gasteiger partial charge >= 0.3 is 0 Å². The van der Waals surface area contributed by atoms with E-state index >= 15 is 0 Å². The van der Waals surface area contributed by atoms with Crippen LogP contribution in [0.15, 0.2) is 42.5 Å². The molecule has 0 unspecified atom stereocenters. The van der Waals surface area contributed by atoms with E-state index in [1.807, 2.05) is 0 Å². The fourth-order valence-corrected chi connectivity index (χ4v) is 1.63. The second-order valence-corrected chi connectivity index (χ2v) is 3.80. The number of phenolic OH excluding ortho intramolecular Hbond substituents is 2. The molecule has 2 aromatic carbocycles. The maximum atomic E-state index is 12.1. The maximum absolute atomic E-state index is 12.1. The first kappa shape index (κ1) is 12.6.